The van der Waals surface area contributed by atoms with Gasteiger partial charge >= 0.3 is 18.5 Å². The normalized spacial score (nSPS) is 22.1. The number of hydrogen-bond acceptors (Lipinski definition) is 5. The van der Waals surface area contributed by atoms with Gasteiger partial charge in [-0.25, -0.2) is 5.48 Å². The van der Waals surface area contributed by atoms with Crippen molar-refractivity contribution in [1.29, 1.82) is 0 Å². The molecule has 0 spiro atoms. The average Bonchev–Trinajstić information content (AvgIpc) is 3.45. The predicted octanol–water partition coefficient (Wildman–Crippen LogP) is 4.63. The highest BCUT2D eigenvalue weighted by Gasteiger charge is 2.59. The first-order chi connectivity index (χ1) is 17.9. The molecule has 0 saturated carbocycles. The van der Waals surface area contributed by atoms with Crippen LogP contribution in [0, 0.1) is 0 Å². The number of hydroxylamine groups is 1. The molecule has 39 heavy (non-hydrogen) atoms. The van der Waals surface area contributed by atoms with Crippen LogP contribution in [0.25, 0.3) is 0 Å². The standard InChI is InChI=1S/C22H14ClF9N4O3/c23-16-11(20(24,25)26)3-10(4-12(16)21(27,28)29)19(22(30,31)32)5-14(34-8-19)9-1-2-13(33-6-9)17(37)35-15-7-39-36-18(15)38/h1-4,6,15H,5,7-8H2,(H,35,37)(H,36,38). The van der Waals surface area contributed by atoms with Crippen LogP contribution in [0.4, 0.5) is 39.5 Å². The van der Waals surface area contributed by atoms with Crippen LogP contribution in [0.15, 0.2) is 35.5 Å². The Balaban J connectivity index is 1.67. The summed E-state index contributed by atoms with van der Waals surface area (Å²) >= 11 is 5.32. The molecule has 1 saturated heterocycles. The van der Waals surface area contributed by atoms with Gasteiger partial charge in [-0.05, 0) is 29.8 Å². The van der Waals surface area contributed by atoms with Crippen molar-refractivity contribution in [2.45, 2.75) is 36.4 Å². The molecular weight excluding hydrogens is 575 g/mol. The first-order valence-electron chi connectivity index (χ1n) is 10.7. The Kier molecular flexibility index (Phi) is 7.08. The molecule has 1 fully saturated rings. The van der Waals surface area contributed by atoms with Gasteiger partial charge in [0.2, 0.25) is 0 Å². The minimum Gasteiger partial charge on any atom is -0.337 e. The third-order valence-corrected chi connectivity index (χ3v) is 6.57. The fourth-order valence-corrected chi connectivity index (χ4v) is 4.39. The molecule has 3 heterocycles. The molecule has 2 aromatic rings. The second-order valence-corrected chi connectivity index (χ2v) is 9.01. The molecule has 1 aromatic heterocycles. The Bertz CT molecular complexity index is 1310. The van der Waals surface area contributed by atoms with Crippen LogP contribution >= 0.6 is 11.6 Å². The predicted molar refractivity (Wildman–Crippen MR) is 115 cm³/mol. The van der Waals surface area contributed by atoms with Gasteiger partial charge in [-0.1, -0.05) is 11.6 Å². The van der Waals surface area contributed by atoms with Crippen molar-refractivity contribution in [2.24, 2.45) is 4.99 Å². The fraction of sp³-hybridized carbons (Fsp3) is 0.364. The maximum Gasteiger partial charge on any atom is 0.417 e. The second kappa shape index (κ2) is 9.66. The number of pyridine rings is 1. The van der Waals surface area contributed by atoms with E-state index in [1.54, 1.807) is 0 Å². The Labute approximate surface area is 217 Å². The zero-order chi connectivity index (χ0) is 29.0. The van der Waals surface area contributed by atoms with Gasteiger partial charge in [0.1, 0.15) is 23.8 Å². The summed E-state index contributed by atoms with van der Waals surface area (Å²) < 4.78 is 124. The number of nitrogens with one attached hydrogen (secondary N) is 2. The molecule has 1 aromatic carbocycles. The lowest BCUT2D eigenvalue weighted by Gasteiger charge is -2.33. The van der Waals surface area contributed by atoms with E-state index in [2.05, 4.69) is 20.1 Å². The summed E-state index contributed by atoms with van der Waals surface area (Å²) in [5, 5.41) is 0.547. The third-order valence-electron chi connectivity index (χ3n) is 6.16. The Hall–Kier alpha value is -3.40. The van der Waals surface area contributed by atoms with E-state index in [0.717, 1.165) is 18.3 Å². The maximum atomic E-state index is 14.4. The van der Waals surface area contributed by atoms with Crippen LogP contribution in [-0.4, -0.2) is 47.9 Å². The number of carbonyl (C=O) groups is 2. The van der Waals surface area contributed by atoms with Gasteiger partial charge in [0.15, 0.2) is 0 Å². The Morgan fingerprint density at radius 1 is 1.05 bits per heavy atom. The van der Waals surface area contributed by atoms with Crippen molar-refractivity contribution in [3.63, 3.8) is 0 Å². The summed E-state index contributed by atoms with van der Waals surface area (Å²) in [5.41, 5.74) is -7.26. The number of halogens is 10. The van der Waals surface area contributed by atoms with Crippen molar-refractivity contribution in [2.75, 3.05) is 13.2 Å². The third kappa shape index (κ3) is 5.39. The van der Waals surface area contributed by atoms with E-state index < -0.39 is 76.5 Å². The molecule has 4 rings (SSSR count). The molecule has 2 atom stereocenters. The zero-order valence-corrected chi connectivity index (χ0v) is 19.7. The van der Waals surface area contributed by atoms with Crippen molar-refractivity contribution in [1.82, 2.24) is 15.8 Å². The molecule has 2 aliphatic heterocycles. The van der Waals surface area contributed by atoms with Gasteiger partial charge in [0.05, 0.1) is 22.7 Å². The van der Waals surface area contributed by atoms with E-state index in [9.17, 15) is 49.1 Å². The van der Waals surface area contributed by atoms with E-state index in [1.165, 1.54) is 0 Å². The number of benzene rings is 1. The number of amides is 2. The van der Waals surface area contributed by atoms with Gasteiger partial charge in [0.25, 0.3) is 11.8 Å². The molecule has 2 aliphatic rings. The summed E-state index contributed by atoms with van der Waals surface area (Å²) in [7, 11) is 0. The summed E-state index contributed by atoms with van der Waals surface area (Å²) in [4.78, 5) is 36.0. The highest BCUT2D eigenvalue weighted by atomic mass is 35.5. The van der Waals surface area contributed by atoms with E-state index in [4.69, 9.17) is 11.6 Å². The van der Waals surface area contributed by atoms with Crippen LogP contribution < -0.4 is 10.8 Å². The van der Waals surface area contributed by atoms with Crippen molar-refractivity contribution in [3.05, 3.63) is 63.4 Å². The largest absolute Gasteiger partial charge is 0.417 e. The molecule has 0 bridgehead atoms. The minimum atomic E-state index is -5.48. The first kappa shape index (κ1) is 28.6. The number of nitrogens with zero attached hydrogens (tertiary/aromatic N) is 2. The SMILES string of the molecule is O=C(NC1CONC1=O)c1ccc(C2=NCC(c3cc(C(F)(F)F)c(Cl)c(C(F)(F)F)c3)(C(F)(F)F)C2)cn1. The number of hydrogen-bond donors (Lipinski definition) is 2. The fourth-order valence-electron chi connectivity index (χ4n) is 4.06. The second-order valence-electron chi connectivity index (χ2n) is 8.64. The van der Waals surface area contributed by atoms with Gasteiger partial charge < -0.3 is 5.32 Å². The van der Waals surface area contributed by atoms with Crippen LogP contribution in [0.1, 0.15) is 39.2 Å². The summed E-state index contributed by atoms with van der Waals surface area (Å²) in [5.74, 6) is -1.43. The minimum absolute atomic E-state index is 0.0436. The quantitative estimate of drug-likeness (QED) is 0.510. The maximum absolute atomic E-state index is 14.4. The van der Waals surface area contributed by atoms with Gasteiger partial charge in [-0.3, -0.25) is 24.4 Å². The topological polar surface area (TPSA) is 92.7 Å². The van der Waals surface area contributed by atoms with Crippen LogP contribution in [0.5, 0.6) is 0 Å². The Morgan fingerprint density at radius 3 is 2.13 bits per heavy atom. The average molecular weight is 589 g/mol. The van der Waals surface area contributed by atoms with Crippen molar-refractivity contribution >= 4 is 29.1 Å². The van der Waals surface area contributed by atoms with Crippen molar-refractivity contribution < 1.29 is 53.9 Å². The number of carbonyl (C=O) groups excluding carboxylic acids is 2. The highest BCUT2D eigenvalue weighted by Crippen LogP contribution is 2.51. The zero-order valence-electron chi connectivity index (χ0n) is 19.0. The molecular formula is C22H14ClF9N4O3. The smallest absolute Gasteiger partial charge is 0.337 e. The molecule has 0 radical (unpaired) electrons. The van der Waals surface area contributed by atoms with Gasteiger partial charge in [-0.2, -0.15) is 39.5 Å². The molecule has 2 unspecified atom stereocenters. The first-order valence-corrected chi connectivity index (χ1v) is 11.1. The number of aliphatic imine (C=N–C) groups is 1. The number of aromatic nitrogens is 1. The molecule has 17 heteroatoms. The number of rotatable bonds is 4. The Morgan fingerprint density at radius 2 is 1.67 bits per heavy atom. The summed E-state index contributed by atoms with van der Waals surface area (Å²) in [6, 6.07) is 1.16. The van der Waals surface area contributed by atoms with E-state index in [-0.39, 0.29) is 35.7 Å². The molecule has 210 valence electrons. The summed E-state index contributed by atoms with van der Waals surface area (Å²) in [6.45, 7) is -1.36. The molecule has 0 aliphatic carbocycles. The number of alkyl halides is 9. The lowest BCUT2D eigenvalue weighted by molar-refractivity contribution is -0.184. The van der Waals surface area contributed by atoms with E-state index in [0.29, 0.717) is 0 Å². The van der Waals surface area contributed by atoms with Crippen LogP contribution in [0.3, 0.4) is 0 Å². The molecule has 2 amide bonds. The summed E-state index contributed by atoms with van der Waals surface area (Å²) in [6.07, 6.45) is -16.4. The lowest BCUT2D eigenvalue weighted by atomic mass is 9.75. The van der Waals surface area contributed by atoms with Crippen LogP contribution in [-0.2, 0) is 27.4 Å². The van der Waals surface area contributed by atoms with E-state index >= 15 is 0 Å². The van der Waals surface area contributed by atoms with Gasteiger partial charge in [0, 0.05) is 23.9 Å². The lowest BCUT2D eigenvalue weighted by Crippen LogP contribution is -2.44. The molecule has 2 N–H and O–H groups in total. The monoisotopic (exact) mass is 588 g/mol. The highest BCUT2D eigenvalue weighted by molar-refractivity contribution is 6.32. The van der Waals surface area contributed by atoms with Crippen molar-refractivity contribution in [3.8, 4) is 0 Å². The van der Waals surface area contributed by atoms with Gasteiger partial charge in [-0.15, -0.1) is 0 Å². The van der Waals surface area contributed by atoms with Crippen LogP contribution in [0.2, 0.25) is 5.02 Å². The van der Waals surface area contributed by atoms with E-state index in [1.807, 2.05) is 5.48 Å². The molecule has 7 nitrogen and oxygen atoms in total.